The fourth-order valence-electron chi connectivity index (χ4n) is 2.92. The van der Waals surface area contributed by atoms with Crippen LogP contribution in [0, 0.1) is 5.41 Å². The molecule has 2 aliphatic rings. The second kappa shape index (κ2) is 6.08. The molecule has 1 fully saturated rings. The topological polar surface area (TPSA) is 66.5 Å². The van der Waals surface area contributed by atoms with Crippen LogP contribution in [0.3, 0.4) is 0 Å². The first kappa shape index (κ1) is 16.5. The smallest absolute Gasteiger partial charge is 0.224 e. The molecular formula is C15H26N2O3S. The second-order valence-corrected chi connectivity index (χ2v) is 9.27. The molecule has 2 heterocycles. The number of carbonyl (C=O) groups is 1. The molecule has 2 aliphatic heterocycles. The molecular weight excluding hydrogens is 288 g/mol. The lowest BCUT2D eigenvalue weighted by Gasteiger charge is -2.33. The Kier molecular flexibility index (Phi) is 4.78. The van der Waals surface area contributed by atoms with E-state index in [-0.39, 0.29) is 35.3 Å². The lowest BCUT2D eigenvalue weighted by Crippen LogP contribution is -2.48. The van der Waals surface area contributed by atoms with Crippen molar-refractivity contribution in [2.24, 2.45) is 5.41 Å². The van der Waals surface area contributed by atoms with Crippen molar-refractivity contribution in [1.29, 1.82) is 0 Å². The number of nitrogens with zero attached hydrogens (tertiary/aromatic N) is 1. The first-order chi connectivity index (χ1) is 9.67. The number of nitrogens with one attached hydrogen (secondary N) is 1. The molecule has 120 valence electrons. The standard InChI is InChI=1S/C15H26N2O3S/c1-15(2,3)12-4-7-17(8-5-12)14(18)10-13-11-21(19,20)9-6-16-13/h4,13,16H,5-11H2,1-3H3. The summed E-state index contributed by atoms with van der Waals surface area (Å²) in [6.45, 7) is 8.40. The van der Waals surface area contributed by atoms with Crippen molar-refractivity contribution >= 4 is 15.7 Å². The van der Waals surface area contributed by atoms with E-state index in [1.807, 2.05) is 4.90 Å². The van der Waals surface area contributed by atoms with Crippen molar-refractivity contribution in [3.63, 3.8) is 0 Å². The van der Waals surface area contributed by atoms with Gasteiger partial charge in [-0.15, -0.1) is 0 Å². The third-order valence-electron chi connectivity index (χ3n) is 4.25. The van der Waals surface area contributed by atoms with Crippen LogP contribution in [0.1, 0.15) is 33.6 Å². The molecule has 1 unspecified atom stereocenters. The van der Waals surface area contributed by atoms with Gasteiger partial charge in [0.1, 0.15) is 0 Å². The molecule has 0 aromatic heterocycles. The summed E-state index contributed by atoms with van der Waals surface area (Å²) >= 11 is 0. The Balaban J connectivity index is 1.89. The van der Waals surface area contributed by atoms with E-state index in [1.165, 1.54) is 5.57 Å². The van der Waals surface area contributed by atoms with Crippen LogP contribution in [0.5, 0.6) is 0 Å². The molecule has 0 radical (unpaired) electrons. The van der Waals surface area contributed by atoms with Crippen molar-refractivity contribution < 1.29 is 13.2 Å². The van der Waals surface area contributed by atoms with Crippen LogP contribution in [0.25, 0.3) is 0 Å². The van der Waals surface area contributed by atoms with Gasteiger partial charge in [-0.05, 0) is 11.8 Å². The highest BCUT2D eigenvalue weighted by atomic mass is 32.2. The van der Waals surface area contributed by atoms with Gasteiger partial charge in [-0.2, -0.15) is 0 Å². The van der Waals surface area contributed by atoms with Crippen LogP contribution in [-0.2, 0) is 14.6 Å². The third-order valence-corrected chi connectivity index (χ3v) is 5.98. The summed E-state index contributed by atoms with van der Waals surface area (Å²) in [6.07, 6.45) is 3.33. The zero-order valence-electron chi connectivity index (χ0n) is 13.2. The lowest BCUT2D eigenvalue weighted by atomic mass is 9.83. The molecule has 1 saturated heterocycles. The summed E-state index contributed by atoms with van der Waals surface area (Å²) in [6, 6.07) is -0.232. The molecule has 1 amide bonds. The van der Waals surface area contributed by atoms with E-state index in [0.29, 0.717) is 13.1 Å². The summed E-state index contributed by atoms with van der Waals surface area (Å²) in [4.78, 5) is 14.1. The second-order valence-electron chi connectivity index (χ2n) is 7.04. The summed E-state index contributed by atoms with van der Waals surface area (Å²) in [7, 11) is -2.98. The highest BCUT2D eigenvalue weighted by Gasteiger charge is 2.29. The lowest BCUT2D eigenvalue weighted by molar-refractivity contribution is -0.131. The maximum atomic E-state index is 12.3. The molecule has 0 aliphatic carbocycles. The number of amides is 1. The molecule has 0 bridgehead atoms. The molecule has 0 aromatic carbocycles. The predicted molar refractivity (Wildman–Crippen MR) is 83.8 cm³/mol. The molecule has 6 heteroatoms. The Bertz CT molecular complexity index is 532. The molecule has 5 nitrogen and oxygen atoms in total. The number of rotatable bonds is 2. The minimum atomic E-state index is -2.98. The van der Waals surface area contributed by atoms with Gasteiger partial charge < -0.3 is 10.2 Å². The normalized spacial score (nSPS) is 26.3. The molecule has 1 N–H and O–H groups in total. The average molecular weight is 314 g/mol. The number of hydrogen-bond acceptors (Lipinski definition) is 4. The van der Waals surface area contributed by atoms with Crippen LogP contribution < -0.4 is 5.32 Å². The largest absolute Gasteiger partial charge is 0.339 e. The van der Waals surface area contributed by atoms with Crippen molar-refractivity contribution in [3.05, 3.63) is 11.6 Å². The predicted octanol–water partition coefficient (Wildman–Crippen LogP) is 0.968. The van der Waals surface area contributed by atoms with Gasteiger partial charge in [-0.3, -0.25) is 4.79 Å². The van der Waals surface area contributed by atoms with Crippen LogP contribution in [0.15, 0.2) is 11.6 Å². The maximum absolute atomic E-state index is 12.3. The first-order valence-corrected chi connectivity index (χ1v) is 9.40. The third kappa shape index (κ3) is 4.54. The fourth-order valence-corrected chi connectivity index (χ4v) is 4.36. The van der Waals surface area contributed by atoms with E-state index in [4.69, 9.17) is 0 Å². The highest BCUT2D eigenvalue weighted by molar-refractivity contribution is 7.91. The summed E-state index contributed by atoms with van der Waals surface area (Å²) < 4.78 is 23.2. The molecule has 0 saturated carbocycles. The highest BCUT2D eigenvalue weighted by Crippen LogP contribution is 2.30. The quantitative estimate of drug-likeness (QED) is 0.771. The van der Waals surface area contributed by atoms with Crippen molar-refractivity contribution in [1.82, 2.24) is 10.2 Å². The number of sulfone groups is 1. The fraction of sp³-hybridized carbons (Fsp3) is 0.800. The Morgan fingerprint density at radius 3 is 2.67 bits per heavy atom. The zero-order valence-corrected chi connectivity index (χ0v) is 14.0. The van der Waals surface area contributed by atoms with Gasteiger partial charge in [0.2, 0.25) is 5.91 Å². The average Bonchev–Trinajstić information content (AvgIpc) is 2.36. The molecule has 0 spiro atoms. The van der Waals surface area contributed by atoms with Crippen LogP contribution in [0.4, 0.5) is 0 Å². The van der Waals surface area contributed by atoms with Gasteiger partial charge in [0.15, 0.2) is 9.84 Å². The maximum Gasteiger partial charge on any atom is 0.224 e. The minimum absolute atomic E-state index is 0.0498. The van der Waals surface area contributed by atoms with Crippen LogP contribution in [0.2, 0.25) is 0 Å². The van der Waals surface area contributed by atoms with Crippen LogP contribution in [-0.4, -0.2) is 56.4 Å². The summed E-state index contributed by atoms with van der Waals surface area (Å²) in [5.74, 6) is 0.308. The molecule has 1 atom stereocenters. The Labute approximate surface area is 127 Å². The van der Waals surface area contributed by atoms with Crippen molar-refractivity contribution in [2.45, 2.75) is 39.7 Å². The van der Waals surface area contributed by atoms with Crippen LogP contribution >= 0.6 is 0 Å². The Hall–Kier alpha value is -0.880. The Morgan fingerprint density at radius 1 is 1.43 bits per heavy atom. The van der Waals surface area contributed by atoms with Gasteiger partial charge in [0.05, 0.1) is 11.5 Å². The molecule has 21 heavy (non-hydrogen) atoms. The van der Waals surface area contributed by atoms with E-state index < -0.39 is 9.84 Å². The monoisotopic (exact) mass is 314 g/mol. The number of hydrogen-bond donors (Lipinski definition) is 1. The number of carbonyl (C=O) groups excluding carboxylic acids is 1. The van der Waals surface area contributed by atoms with E-state index >= 15 is 0 Å². The van der Waals surface area contributed by atoms with E-state index in [0.717, 1.165) is 13.0 Å². The summed E-state index contributed by atoms with van der Waals surface area (Å²) in [5.41, 5.74) is 1.55. The minimum Gasteiger partial charge on any atom is -0.339 e. The van der Waals surface area contributed by atoms with Gasteiger partial charge in [-0.1, -0.05) is 32.4 Å². The van der Waals surface area contributed by atoms with E-state index in [2.05, 4.69) is 32.2 Å². The molecule has 2 rings (SSSR count). The van der Waals surface area contributed by atoms with Gasteiger partial charge in [-0.25, -0.2) is 8.42 Å². The summed E-state index contributed by atoms with van der Waals surface area (Å²) in [5, 5.41) is 3.14. The van der Waals surface area contributed by atoms with Gasteiger partial charge in [0, 0.05) is 32.1 Å². The zero-order chi connectivity index (χ0) is 15.7. The van der Waals surface area contributed by atoms with Crippen molar-refractivity contribution in [3.8, 4) is 0 Å². The SMILES string of the molecule is CC(C)(C)C1=CCN(C(=O)CC2CS(=O)(=O)CCN2)CC1. The van der Waals surface area contributed by atoms with E-state index in [1.54, 1.807) is 0 Å². The van der Waals surface area contributed by atoms with Gasteiger partial charge in [0.25, 0.3) is 0 Å². The van der Waals surface area contributed by atoms with Crippen molar-refractivity contribution in [2.75, 3.05) is 31.1 Å². The van der Waals surface area contributed by atoms with E-state index in [9.17, 15) is 13.2 Å². The molecule has 0 aromatic rings. The Morgan fingerprint density at radius 2 is 2.14 bits per heavy atom. The van der Waals surface area contributed by atoms with Gasteiger partial charge >= 0.3 is 0 Å². The first-order valence-electron chi connectivity index (χ1n) is 7.58.